The number of aryl methyl sites for hydroxylation is 1. The van der Waals surface area contributed by atoms with Crippen molar-refractivity contribution in [2.75, 3.05) is 11.9 Å². The fourth-order valence-electron chi connectivity index (χ4n) is 2.53. The van der Waals surface area contributed by atoms with Crippen LogP contribution in [0, 0.1) is 17.0 Å². The van der Waals surface area contributed by atoms with Gasteiger partial charge in [0.1, 0.15) is 11.5 Å². The zero-order chi connectivity index (χ0) is 20.8. The van der Waals surface area contributed by atoms with Gasteiger partial charge in [0.05, 0.1) is 22.7 Å². The normalized spacial score (nSPS) is 10.8. The summed E-state index contributed by atoms with van der Waals surface area (Å²) in [5.74, 6) is 0.387. The van der Waals surface area contributed by atoms with Gasteiger partial charge in [-0.15, -0.1) is 0 Å². The molecule has 0 aliphatic carbocycles. The molecule has 0 unspecified atom stereocenters. The van der Waals surface area contributed by atoms with Crippen molar-refractivity contribution >= 4 is 35.1 Å². The van der Waals surface area contributed by atoms with Crippen LogP contribution in [0.25, 0.3) is 11.3 Å². The van der Waals surface area contributed by atoms with E-state index < -0.39 is 4.92 Å². The van der Waals surface area contributed by atoms with Gasteiger partial charge in [0.15, 0.2) is 0 Å². The molecule has 0 aliphatic rings. The van der Waals surface area contributed by atoms with Crippen molar-refractivity contribution in [3.8, 4) is 11.3 Å². The number of carbonyl (C=O) groups excluding carboxylic acids is 1. The second kappa shape index (κ2) is 9.03. The van der Waals surface area contributed by atoms with Gasteiger partial charge in [-0.25, -0.2) is 5.43 Å². The average molecular weight is 413 g/mol. The molecule has 0 saturated carbocycles. The van der Waals surface area contributed by atoms with E-state index in [9.17, 15) is 14.9 Å². The summed E-state index contributed by atoms with van der Waals surface area (Å²) in [6.45, 7) is 2.03. The van der Waals surface area contributed by atoms with Crippen LogP contribution < -0.4 is 10.7 Å². The lowest BCUT2D eigenvalue weighted by molar-refractivity contribution is -0.384. The largest absolute Gasteiger partial charge is 0.455 e. The third-order valence-electron chi connectivity index (χ3n) is 3.91. The lowest BCUT2D eigenvalue weighted by Crippen LogP contribution is -2.25. The zero-order valence-corrected chi connectivity index (χ0v) is 16.1. The van der Waals surface area contributed by atoms with Gasteiger partial charge >= 0.3 is 0 Å². The lowest BCUT2D eigenvalue weighted by atomic mass is 10.1. The second-order valence-corrected chi connectivity index (χ2v) is 6.55. The van der Waals surface area contributed by atoms with Gasteiger partial charge in [-0.1, -0.05) is 23.7 Å². The number of anilines is 1. The molecule has 0 atom stereocenters. The summed E-state index contributed by atoms with van der Waals surface area (Å²) in [5, 5.41) is 18.1. The van der Waals surface area contributed by atoms with E-state index in [1.54, 1.807) is 12.1 Å². The molecule has 1 heterocycles. The van der Waals surface area contributed by atoms with E-state index in [4.69, 9.17) is 16.0 Å². The monoisotopic (exact) mass is 412 g/mol. The van der Waals surface area contributed by atoms with E-state index in [1.807, 2.05) is 31.2 Å². The highest BCUT2D eigenvalue weighted by Crippen LogP contribution is 2.32. The van der Waals surface area contributed by atoms with Crippen molar-refractivity contribution < 1.29 is 14.1 Å². The molecule has 1 aromatic heterocycles. The maximum absolute atomic E-state index is 11.9. The van der Waals surface area contributed by atoms with Gasteiger partial charge in [0.25, 0.3) is 11.6 Å². The number of nitro benzene ring substituents is 1. The number of nitrogens with one attached hydrogen (secondary N) is 2. The molecule has 1 amide bonds. The molecule has 148 valence electrons. The average Bonchev–Trinajstić information content (AvgIpc) is 3.15. The standard InChI is InChI=1S/C20H17ClN4O4/c1-13-3-2-4-14(9-13)22-12-20(26)24-23-11-16-6-8-19(29-16)17-10-15(25(27)28)5-7-18(17)21/h2-11,22H,12H2,1H3,(H,24,26)/b23-11+. The van der Waals surface area contributed by atoms with Gasteiger partial charge < -0.3 is 9.73 Å². The summed E-state index contributed by atoms with van der Waals surface area (Å²) < 4.78 is 5.59. The maximum atomic E-state index is 11.9. The van der Waals surface area contributed by atoms with E-state index in [2.05, 4.69) is 15.8 Å². The fraction of sp³-hybridized carbons (Fsp3) is 0.100. The third kappa shape index (κ3) is 5.43. The molecule has 0 aliphatic heterocycles. The van der Waals surface area contributed by atoms with Crippen LogP contribution in [0.15, 0.2) is 64.1 Å². The molecule has 2 aromatic carbocycles. The lowest BCUT2D eigenvalue weighted by Gasteiger charge is -2.05. The summed E-state index contributed by atoms with van der Waals surface area (Å²) >= 11 is 6.11. The Balaban J connectivity index is 1.58. The molecule has 0 spiro atoms. The summed E-state index contributed by atoms with van der Waals surface area (Å²) in [7, 11) is 0. The Labute approximate surface area is 171 Å². The van der Waals surface area contributed by atoms with Crippen molar-refractivity contribution in [3.63, 3.8) is 0 Å². The van der Waals surface area contributed by atoms with E-state index in [0.29, 0.717) is 22.1 Å². The van der Waals surface area contributed by atoms with Gasteiger partial charge in [-0.2, -0.15) is 5.10 Å². The van der Waals surface area contributed by atoms with E-state index in [-0.39, 0.29) is 18.1 Å². The number of nitro groups is 1. The fourth-order valence-corrected chi connectivity index (χ4v) is 2.74. The first-order chi connectivity index (χ1) is 13.9. The van der Waals surface area contributed by atoms with Gasteiger partial charge in [0.2, 0.25) is 0 Å². The number of benzene rings is 2. The zero-order valence-electron chi connectivity index (χ0n) is 15.4. The predicted octanol–water partition coefficient (Wildman–Crippen LogP) is 4.38. The number of halogens is 1. The van der Waals surface area contributed by atoms with Crippen molar-refractivity contribution in [1.29, 1.82) is 0 Å². The highest BCUT2D eigenvalue weighted by molar-refractivity contribution is 6.33. The van der Waals surface area contributed by atoms with Crippen LogP contribution in [0.4, 0.5) is 11.4 Å². The number of amides is 1. The molecular formula is C20H17ClN4O4. The Morgan fingerprint density at radius 1 is 1.24 bits per heavy atom. The van der Waals surface area contributed by atoms with E-state index in [1.165, 1.54) is 24.4 Å². The minimum absolute atomic E-state index is 0.0630. The van der Waals surface area contributed by atoms with Crippen LogP contribution in [0.5, 0.6) is 0 Å². The number of rotatable bonds is 7. The van der Waals surface area contributed by atoms with Crippen LogP contribution in [-0.2, 0) is 4.79 Å². The van der Waals surface area contributed by atoms with Crippen LogP contribution in [-0.4, -0.2) is 23.6 Å². The van der Waals surface area contributed by atoms with Gasteiger partial charge in [-0.05, 0) is 42.8 Å². The van der Waals surface area contributed by atoms with Crippen molar-refractivity contribution in [2.45, 2.75) is 6.92 Å². The molecule has 0 fully saturated rings. The number of hydrogen-bond donors (Lipinski definition) is 2. The molecule has 29 heavy (non-hydrogen) atoms. The number of hydrogen-bond acceptors (Lipinski definition) is 6. The molecule has 3 rings (SSSR count). The van der Waals surface area contributed by atoms with E-state index >= 15 is 0 Å². The number of nitrogens with zero attached hydrogens (tertiary/aromatic N) is 2. The first-order valence-electron chi connectivity index (χ1n) is 8.59. The summed E-state index contributed by atoms with van der Waals surface area (Å²) in [6.07, 6.45) is 1.33. The Morgan fingerprint density at radius 3 is 2.83 bits per heavy atom. The highest BCUT2D eigenvalue weighted by atomic mass is 35.5. The Kier molecular flexibility index (Phi) is 6.25. The molecule has 8 nitrogen and oxygen atoms in total. The Hall–Kier alpha value is -3.65. The molecule has 3 aromatic rings. The van der Waals surface area contributed by atoms with Crippen LogP contribution in [0.1, 0.15) is 11.3 Å². The first-order valence-corrected chi connectivity index (χ1v) is 8.97. The van der Waals surface area contributed by atoms with E-state index in [0.717, 1.165) is 11.3 Å². The first kappa shape index (κ1) is 20.1. The number of carbonyl (C=O) groups is 1. The molecule has 0 bridgehead atoms. The number of furan rings is 1. The SMILES string of the molecule is Cc1cccc(NCC(=O)N/N=C/c2ccc(-c3cc([N+](=O)[O-])ccc3Cl)o2)c1. The number of non-ortho nitro benzene ring substituents is 1. The maximum Gasteiger partial charge on any atom is 0.270 e. The van der Waals surface area contributed by atoms with Crippen molar-refractivity contribution in [3.05, 3.63) is 81.1 Å². The predicted molar refractivity (Wildman–Crippen MR) is 111 cm³/mol. The van der Waals surface area contributed by atoms with Crippen molar-refractivity contribution in [1.82, 2.24) is 5.43 Å². The highest BCUT2D eigenvalue weighted by Gasteiger charge is 2.14. The summed E-state index contributed by atoms with van der Waals surface area (Å²) in [6, 6.07) is 15.0. The quantitative estimate of drug-likeness (QED) is 0.340. The second-order valence-electron chi connectivity index (χ2n) is 6.14. The van der Waals surface area contributed by atoms with Crippen LogP contribution in [0.2, 0.25) is 5.02 Å². The molecular weight excluding hydrogens is 396 g/mol. The van der Waals surface area contributed by atoms with Crippen LogP contribution >= 0.6 is 11.6 Å². The molecule has 0 radical (unpaired) electrons. The number of hydrazone groups is 1. The minimum atomic E-state index is -0.508. The minimum Gasteiger partial charge on any atom is -0.455 e. The summed E-state index contributed by atoms with van der Waals surface area (Å²) in [5.41, 5.74) is 4.63. The van der Waals surface area contributed by atoms with Crippen molar-refractivity contribution in [2.24, 2.45) is 5.10 Å². The third-order valence-corrected chi connectivity index (χ3v) is 4.23. The Morgan fingerprint density at radius 2 is 2.07 bits per heavy atom. The van der Waals surface area contributed by atoms with Crippen LogP contribution in [0.3, 0.4) is 0 Å². The van der Waals surface area contributed by atoms with Gasteiger partial charge in [0, 0.05) is 23.4 Å². The summed E-state index contributed by atoms with van der Waals surface area (Å²) in [4.78, 5) is 22.3. The molecule has 9 heteroatoms. The molecule has 2 N–H and O–H groups in total. The topological polar surface area (TPSA) is 110 Å². The molecule has 0 saturated heterocycles. The van der Waals surface area contributed by atoms with Gasteiger partial charge in [-0.3, -0.25) is 14.9 Å². The smallest absolute Gasteiger partial charge is 0.270 e. The Bertz CT molecular complexity index is 1080.